The summed E-state index contributed by atoms with van der Waals surface area (Å²) in [6, 6.07) is 7.95. The molecule has 1 heterocycles. The van der Waals surface area contributed by atoms with Crippen LogP contribution in [0.5, 0.6) is 0 Å². The average molecular weight is 277 g/mol. The number of amides is 1. The molecule has 0 spiro atoms. The molecular formula is C15H19NO4. The van der Waals surface area contributed by atoms with E-state index >= 15 is 0 Å². The van der Waals surface area contributed by atoms with E-state index in [4.69, 9.17) is 4.74 Å². The molecule has 5 nitrogen and oxygen atoms in total. The van der Waals surface area contributed by atoms with Gasteiger partial charge in [0, 0.05) is 19.4 Å². The molecule has 1 aliphatic rings. The molecule has 1 fully saturated rings. The Morgan fingerprint density at radius 3 is 2.60 bits per heavy atom. The monoisotopic (exact) mass is 277 g/mol. The van der Waals surface area contributed by atoms with Crippen LogP contribution in [0.15, 0.2) is 24.3 Å². The Hall–Kier alpha value is -1.88. The maximum Gasteiger partial charge on any atom is 0.331 e. The fourth-order valence-corrected chi connectivity index (χ4v) is 2.23. The average Bonchev–Trinajstić information content (AvgIpc) is 2.88. The highest BCUT2D eigenvalue weighted by Crippen LogP contribution is 2.19. The van der Waals surface area contributed by atoms with Crippen molar-refractivity contribution >= 4 is 11.9 Å². The van der Waals surface area contributed by atoms with Gasteiger partial charge in [0.1, 0.15) is 0 Å². The van der Waals surface area contributed by atoms with E-state index in [2.05, 4.69) is 5.32 Å². The molecular weight excluding hydrogens is 258 g/mol. The van der Waals surface area contributed by atoms with Gasteiger partial charge >= 0.3 is 5.97 Å². The minimum Gasteiger partial charge on any atom is -0.479 e. The van der Waals surface area contributed by atoms with Crippen molar-refractivity contribution in [3.8, 4) is 0 Å². The van der Waals surface area contributed by atoms with Gasteiger partial charge in [0.05, 0.1) is 6.61 Å². The van der Waals surface area contributed by atoms with Crippen molar-refractivity contribution in [3.63, 3.8) is 0 Å². The van der Waals surface area contributed by atoms with Gasteiger partial charge < -0.3 is 15.2 Å². The lowest BCUT2D eigenvalue weighted by Crippen LogP contribution is -2.55. The number of nitrogens with one attached hydrogen (secondary N) is 1. The van der Waals surface area contributed by atoms with Gasteiger partial charge in [0.2, 0.25) is 5.91 Å². The zero-order valence-electron chi connectivity index (χ0n) is 11.5. The lowest BCUT2D eigenvalue weighted by atomic mass is 9.98. The number of aliphatic carboxylic acids is 1. The van der Waals surface area contributed by atoms with Gasteiger partial charge in [-0.05, 0) is 18.9 Å². The molecule has 1 saturated heterocycles. The number of benzene rings is 1. The molecule has 0 bridgehead atoms. The Morgan fingerprint density at radius 2 is 2.05 bits per heavy atom. The summed E-state index contributed by atoms with van der Waals surface area (Å²) in [4.78, 5) is 23.2. The van der Waals surface area contributed by atoms with E-state index in [1.807, 2.05) is 31.2 Å². The summed E-state index contributed by atoms with van der Waals surface area (Å²) in [5, 5.41) is 11.8. The molecule has 2 N–H and O–H groups in total. The number of carbonyl (C=O) groups excluding carboxylic acids is 1. The number of aryl methyl sites for hydroxylation is 2. The minimum atomic E-state index is -1.25. The third-order valence-electron chi connectivity index (χ3n) is 3.57. The van der Waals surface area contributed by atoms with Crippen molar-refractivity contribution in [1.82, 2.24) is 5.32 Å². The number of carboxylic acids is 1. The molecule has 1 atom stereocenters. The van der Waals surface area contributed by atoms with Crippen LogP contribution in [0.4, 0.5) is 0 Å². The van der Waals surface area contributed by atoms with E-state index in [1.54, 1.807) is 0 Å². The SMILES string of the molecule is Cc1ccc(CCC(=O)NC2(C(=O)O)CCOC2)cc1. The van der Waals surface area contributed by atoms with Crippen LogP contribution in [0.3, 0.4) is 0 Å². The highest BCUT2D eigenvalue weighted by Gasteiger charge is 2.43. The second-order valence-electron chi connectivity index (χ2n) is 5.22. The first-order chi connectivity index (χ1) is 9.52. The molecule has 5 heteroatoms. The Bertz CT molecular complexity index is 489. The summed E-state index contributed by atoms with van der Waals surface area (Å²) in [7, 11) is 0. The standard InChI is InChI=1S/C15H19NO4/c1-11-2-4-12(5-3-11)6-7-13(17)16-15(14(18)19)8-9-20-10-15/h2-5H,6-10H2,1H3,(H,16,17)(H,18,19). The molecule has 0 saturated carbocycles. The van der Waals surface area contributed by atoms with Gasteiger partial charge in [-0.15, -0.1) is 0 Å². The van der Waals surface area contributed by atoms with E-state index in [9.17, 15) is 14.7 Å². The second-order valence-corrected chi connectivity index (χ2v) is 5.22. The number of ether oxygens (including phenoxy) is 1. The van der Waals surface area contributed by atoms with E-state index in [0.29, 0.717) is 19.4 Å². The van der Waals surface area contributed by atoms with Crippen molar-refractivity contribution in [3.05, 3.63) is 35.4 Å². The Kier molecular flexibility index (Phi) is 4.39. The van der Waals surface area contributed by atoms with E-state index in [-0.39, 0.29) is 18.9 Å². The first-order valence-electron chi connectivity index (χ1n) is 6.69. The summed E-state index contributed by atoms with van der Waals surface area (Å²) in [5.74, 6) is -1.28. The van der Waals surface area contributed by atoms with Crippen molar-refractivity contribution in [2.45, 2.75) is 31.7 Å². The summed E-state index contributed by atoms with van der Waals surface area (Å²) >= 11 is 0. The smallest absolute Gasteiger partial charge is 0.331 e. The summed E-state index contributed by atoms with van der Waals surface area (Å²) in [6.45, 7) is 2.41. The van der Waals surface area contributed by atoms with Crippen LogP contribution < -0.4 is 5.32 Å². The van der Waals surface area contributed by atoms with Crippen LogP contribution in [0, 0.1) is 6.92 Å². The van der Waals surface area contributed by atoms with Gasteiger partial charge in [-0.2, -0.15) is 0 Å². The quantitative estimate of drug-likeness (QED) is 0.850. The van der Waals surface area contributed by atoms with Crippen molar-refractivity contribution < 1.29 is 19.4 Å². The Morgan fingerprint density at radius 1 is 1.35 bits per heavy atom. The topological polar surface area (TPSA) is 75.6 Å². The van der Waals surface area contributed by atoms with Gasteiger partial charge in [0.25, 0.3) is 0 Å². The van der Waals surface area contributed by atoms with Crippen molar-refractivity contribution in [2.75, 3.05) is 13.2 Å². The zero-order chi connectivity index (χ0) is 14.6. The fraction of sp³-hybridized carbons (Fsp3) is 0.467. The van der Waals surface area contributed by atoms with Crippen LogP contribution in [0.1, 0.15) is 24.0 Å². The summed E-state index contributed by atoms with van der Waals surface area (Å²) in [6.07, 6.45) is 1.19. The highest BCUT2D eigenvalue weighted by atomic mass is 16.5. The molecule has 1 aromatic carbocycles. The molecule has 2 rings (SSSR count). The Labute approximate surface area is 117 Å². The summed E-state index contributed by atoms with van der Waals surface area (Å²) < 4.78 is 5.10. The van der Waals surface area contributed by atoms with Crippen molar-refractivity contribution in [1.29, 1.82) is 0 Å². The van der Waals surface area contributed by atoms with Crippen LogP contribution in [0.2, 0.25) is 0 Å². The summed E-state index contributed by atoms with van der Waals surface area (Å²) in [5.41, 5.74) is 0.994. The lowest BCUT2D eigenvalue weighted by molar-refractivity contribution is -0.147. The van der Waals surface area contributed by atoms with E-state index < -0.39 is 11.5 Å². The van der Waals surface area contributed by atoms with Gasteiger partial charge in [-0.1, -0.05) is 29.8 Å². The van der Waals surface area contributed by atoms with Gasteiger partial charge in [0.15, 0.2) is 5.54 Å². The molecule has 1 amide bonds. The lowest BCUT2D eigenvalue weighted by Gasteiger charge is -2.23. The van der Waals surface area contributed by atoms with Gasteiger partial charge in [-0.3, -0.25) is 4.79 Å². The molecule has 1 aromatic rings. The first kappa shape index (κ1) is 14.5. The number of hydrogen-bond acceptors (Lipinski definition) is 3. The first-order valence-corrected chi connectivity index (χ1v) is 6.69. The normalized spacial score (nSPS) is 21.6. The van der Waals surface area contributed by atoms with Gasteiger partial charge in [-0.25, -0.2) is 4.79 Å². The van der Waals surface area contributed by atoms with E-state index in [1.165, 1.54) is 5.56 Å². The maximum absolute atomic E-state index is 11.9. The van der Waals surface area contributed by atoms with E-state index in [0.717, 1.165) is 5.56 Å². The fourth-order valence-electron chi connectivity index (χ4n) is 2.23. The largest absolute Gasteiger partial charge is 0.479 e. The number of carbonyl (C=O) groups is 2. The number of hydrogen-bond donors (Lipinski definition) is 2. The molecule has 1 unspecified atom stereocenters. The third kappa shape index (κ3) is 3.36. The zero-order valence-corrected chi connectivity index (χ0v) is 11.5. The molecule has 0 radical (unpaired) electrons. The third-order valence-corrected chi connectivity index (χ3v) is 3.57. The predicted molar refractivity (Wildman–Crippen MR) is 73.4 cm³/mol. The predicted octanol–water partition coefficient (Wildman–Crippen LogP) is 1.29. The molecule has 20 heavy (non-hydrogen) atoms. The van der Waals surface area contributed by atoms with Crippen LogP contribution >= 0.6 is 0 Å². The second kappa shape index (κ2) is 6.05. The molecule has 1 aliphatic heterocycles. The number of carboxylic acid groups (broad SMARTS) is 1. The Balaban J connectivity index is 1.89. The van der Waals surface area contributed by atoms with Crippen LogP contribution in [0.25, 0.3) is 0 Å². The minimum absolute atomic E-state index is 0.0403. The van der Waals surface area contributed by atoms with Crippen LogP contribution in [-0.2, 0) is 20.7 Å². The number of rotatable bonds is 5. The molecule has 0 aliphatic carbocycles. The van der Waals surface area contributed by atoms with Crippen LogP contribution in [-0.4, -0.2) is 35.7 Å². The highest BCUT2D eigenvalue weighted by molar-refractivity contribution is 5.87. The maximum atomic E-state index is 11.9. The molecule has 0 aromatic heterocycles. The van der Waals surface area contributed by atoms with Crippen molar-refractivity contribution in [2.24, 2.45) is 0 Å². The molecule has 108 valence electrons.